The number of benzene rings is 1. The average Bonchev–Trinajstić information content (AvgIpc) is 2.66. The molecule has 7 heteroatoms. The fraction of sp³-hybridized carbons (Fsp3) is 0.368. The molecule has 2 heterocycles. The summed E-state index contributed by atoms with van der Waals surface area (Å²) in [4.78, 5) is 39.3. The number of carbonyl (C=O) groups is 2. The van der Waals surface area contributed by atoms with Gasteiger partial charge in [0, 0.05) is 38.7 Å². The summed E-state index contributed by atoms with van der Waals surface area (Å²) in [6.45, 7) is 4.01. The van der Waals surface area contributed by atoms with Crippen molar-refractivity contribution in [2.75, 3.05) is 26.2 Å². The molecule has 1 N–H and O–H groups in total. The molecule has 26 heavy (non-hydrogen) atoms. The summed E-state index contributed by atoms with van der Waals surface area (Å²) in [6, 6.07) is 10.9. The molecule has 7 nitrogen and oxygen atoms in total. The Kier molecular flexibility index (Phi) is 5.46. The van der Waals surface area contributed by atoms with Gasteiger partial charge in [-0.1, -0.05) is 29.8 Å². The highest BCUT2D eigenvalue weighted by molar-refractivity contribution is 5.92. The summed E-state index contributed by atoms with van der Waals surface area (Å²) in [5.41, 5.74) is 2.23. The zero-order chi connectivity index (χ0) is 18.5. The molecule has 0 aliphatic carbocycles. The minimum atomic E-state index is -0.342. The van der Waals surface area contributed by atoms with E-state index in [2.05, 4.69) is 16.3 Å². The second-order valence-corrected chi connectivity index (χ2v) is 6.47. The van der Waals surface area contributed by atoms with E-state index < -0.39 is 0 Å². The number of nitrogens with one attached hydrogen (secondary N) is 1. The molecule has 2 aromatic rings. The van der Waals surface area contributed by atoms with Crippen LogP contribution in [0.2, 0.25) is 0 Å². The van der Waals surface area contributed by atoms with Gasteiger partial charge in [-0.3, -0.25) is 14.4 Å². The van der Waals surface area contributed by atoms with Crippen molar-refractivity contribution in [1.82, 2.24) is 20.0 Å². The minimum Gasteiger partial charge on any atom is -0.339 e. The highest BCUT2D eigenvalue weighted by Gasteiger charge is 2.25. The van der Waals surface area contributed by atoms with Gasteiger partial charge < -0.3 is 9.80 Å². The maximum atomic E-state index is 12.4. The van der Waals surface area contributed by atoms with Crippen LogP contribution in [0, 0.1) is 6.92 Å². The highest BCUT2D eigenvalue weighted by atomic mass is 16.2. The second kappa shape index (κ2) is 7.95. The lowest BCUT2D eigenvalue weighted by Gasteiger charge is -2.34. The number of carbonyl (C=O) groups excluding carboxylic acids is 2. The molecule has 1 aromatic carbocycles. The van der Waals surface area contributed by atoms with Crippen LogP contribution in [-0.2, 0) is 11.2 Å². The number of amides is 2. The molecule has 1 aromatic heterocycles. The molecule has 0 spiro atoms. The number of hydrogen-bond acceptors (Lipinski definition) is 4. The van der Waals surface area contributed by atoms with E-state index in [0.717, 1.165) is 12.0 Å². The van der Waals surface area contributed by atoms with E-state index in [1.54, 1.807) is 9.80 Å². The van der Waals surface area contributed by atoms with Gasteiger partial charge in [0.25, 0.3) is 11.5 Å². The number of rotatable bonds is 4. The molecular weight excluding hydrogens is 332 g/mol. The molecule has 3 rings (SSSR count). The molecule has 0 unspecified atom stereocenters. The van der Waals surface area contributed by atoms with Gasteiger partial charge in [0.05, 0.1) is 0 Å². The van der Waals surface area contributed by atoms with Crippen LogP contribution < -0.4 is 5.56 Å². The van der Waals surface area contributed by atoms with Gasteiger partial charge in [0.2, 0.25) is 5.91 Å². The summed E-state index contributed by atoms with van der Waals surface area (Å²) >= 11 is 0. The van der Waals surface area contributed by atoms with Crippen molar-refractivity contribution in [3.63, 3.8) is 0 Å². The third kappa shape index (κ3) is 4.36. The van der Waals surface area contributed by atoms with Crippen molar-refractivity contribution in [3.8, 4) is 0 Å². The first kappa shape index (κ1) is 17.8. The molecule has 2 amide bonds. The molecule has 1 aliphatic rings. The average molecular weight is 354 g/mol. The van der Waals surface area contributed by atoms with Crippen molar-refractivity contribution in [2.24, 2.45) is 0 Å². The van der Waals surface area contributed by atoms with Crippen molar-refractivity contribution in [1.29, 1.82) is 0 Å². The lowest BCUT2D eigenvalue weighted by molar-refractivity contribution is -0.132. The minimum absolute atomic E-state index is 0.112. The van der Waals surface area contributed by atoms with Crippen LogP contribution in [0.1, 0.15) is 28.0 Å². The number of H-pyrrole nitrogens is 1. The predicted octanol–water partition coefficient (Wildman–Crippen LogP) is 0.996. The third-order valence-corrected chi connectivity index (χ3v) is 4.53. The molecule has 1 saturated heterocycles. The van der Waals surface area contributed by atoms with E-state index in [9.17, 15) is 14.4 Å². The van der Waals surface area contributed by atoms with E-state index in [4.69, 9.17) is 0 Å². The Bertz CT molecular complexity index is 833. The highest BCUT2D eigenvalue weighted by Crippen LogP contribution is 2.11. The van der Waals surface area contributed by atoms with E-state index >= 15 is 0 Å². The molecular formula is C19H22N4O3. The molecule has 0 atom stereocenters. The van der Waals surface area contributed by atoms with Gasteiger partial charge in [0.1, 0.15) is 5.69 Å². The van der Waals surface area contributed by atoms with E-state index in [1.807, 2.05) is 25.1 Å². The summed E-state index contributed by atoms with van der Waals surface area (Å²) in [7, 11) is 0. The molecule has 1 fully saturated rings. The van der Waals surface area contributed by atoms with Gasteiger partial charge >= 0.3 is 0 Å². The molecule has 0 radical (unpaired) electrons. The lowest BCUT2D eigenvalue weighted by atomic mass is 10.1. The Labute approximate surface area is 151 Å². The van der Waals surface area contributed by atoms with E-state index in [1.165, 1.54) is 17.7 Å². The first-order valence-corrected chi connectivity index (χ1v) is 8.71. The summed E-state index contributed by atoms with van der Waals surface area (Å²) < 4.78 is 0. The standard InChI is InChI=1S/C19H22N4O3/c1-14-3-2-4-15(13-14)5-8-18(25)22-9-11-23(12-10-22)19(26)16-6-7-17(24)21-20-16/h2-4,6-7,13H,5,8-12H2,1H3,(H,21,24). The molecule has 0 saturated carbocycles. The van der Waals surface area contributed by atoms with Crippen LogP contribution in [0.5, 0.6) is 0 Å². The maximum absolute atomic E-state index is 12.4. The number of aromatic nitrogens is 2. The van der Waals surface area contributed by atoms with Gasteiger partial charge in [-0.15, -0.1) is 0 Å². The number of piperazine rings is 1. The first-order valence-electron chi connectivity index (χ1n) is 8.71. The van der Waals surface area contributed by atoms with Crippen LogP contribution in [0.25, 0.3) is 0 Å². The fourth-order valence-electron chi connectivity index (χ4n) is 3.06. The molecule has 0 bridgehead atoms. The monoisotopic (exact) mass is 354 g/mol. The summed E-state index contributed by atoms with van der Waals surface area (Å²) in [6.07, 6.45) is 1.19. The third-order valence-electron chi connectivity index (χ3n) is 4.53. The van der Waals surface area contributed by atoms with Gasteiger partial charge in [0.15, 0.2) is 0 Å². The Morgan fingerprint density at radius 2 is 1.81 bits per heavy atom. The number of aromatic amines is 1. The number of hydrogen-bond donors (Lipinski definition) is 1. The number of nitrogens with zero attached hydrogens (tertiary/aromatic N) is 3. The van der Waals surface area contributed by atoms with E-state index in [-0.39, 0.29) is 23.1 Å². The Morgan fingerprint density at radius 3 is 2.46 bits per heavy atom. The Morgan fingerprint density at radius 1 is 1.08 bits per heavy atom. The second-order valence-electron chi connectivity index (χ2n) is 6.47. The van der Waals surface area contributed by atoms with Gasteiger partial charge in [-0.2, -0.15) is 5.10 Å². The van der Waals surface area contributed by atoms with Crippen LogP contribution in [0.3, 0.4) is 0 Å². The van der Waals surface area contributed by atoms with Crippen molar-refractivity contribution >= 4 is 11.8 Å². The topological polar surface area (TPSA) is 86.4 Å². The molecule has 1 aliphatic heterocycles. The quantitative estimate of drug-likeness (QED) is 0.887. The molecule has 136 valence electrons. The maximum Gasteiger partial charge on any atom is 0.274 e. The lowest BCUT2D eigenvalue weighted by Crippen LogP contribution is -2.50. The van der Waals surface area contributed by atoms with Crippen LogP contribution in [0.15, 0.2) is 41.2 Å². The van der Waals surface area contributed by atoms with Crippen LogP contribution in [0.4, 0.5) is 0 Å². The van der Waals surface area contributed by atoms with Crippen molar-refractivity contribution in [2.45, 2.75) is 19.8 Å². The zero-order valence-electron chi connectivity index (χ0n) is 14.8. The van der Waals surface area contributed by atoms with Gasteiger partial charge in [-0.25, -0.2) is 5.10 Å². The van der Waals surface area contributed by atoms with Crippen LogP contribution in [-0.4, -0.2) is 58.0 Å². The van der Waals surface area contributed by atoms with Crippen molar-refractivity contribution in [3.05, 3.63) is 63.6 Å². The Balaban J connectivity index is 1.49. The van der Waals surface area contributed by atoms with E-state index in [0.29, 0.717) is 32.6 Å². The SMILES string of the molecule is Cc1cccc(CCC(=O)N2CCN(C(=O)c3ccc(=O)[nH]n3)CC2)c1. The normalized spacial score (nSPS) is 14.3. The zero-order valence-corrected chi connectivity index (χ0v) is 14.8. The van der Waals surface area contributed by atoms with Crippen molar-refractivity contribution < 1.29 is 9.59 Å². The van der Waals surface area contributed by atoms with Gasteiger partial charge in [-0.05, 0) is 25.0 Å². The predicted molar refractivity (Wildman–Crippen MR) is 96.8 cm³/mol. The summed E-state index contributed by atoms with van der Waals surface area (Å²) in [5.74, 6) is -0.117. The number of aryl methyl sites for hydroxylation is 2. The largest absolute Gasteiger partial charge is 0.339 e. The van der Waals surface area contributed by atoms with Crippen LogP contribution >= 0.6 is 0 Å². The summed E-state index contributed by atoms with van der Waals surface area (Å²) in [5, 5.41) is 6.03. The Hall–Kier alpha value is -2.96. The smallest absolute Gasteiger partial charge is 0.274 e. The fourth-order valence-corrected chi connectivity index (χ4v) is 3.06. The first-order chi connectivity index (χ1) is 12.5.